The molecule has 1 aliphatic rings. The number of alkyl halides is 3. The number of carbonyl (C=O) groups excluding carboxylic acids is 1. The first-order valence-corrected chi connectivity index (χ1v) is 10.8. The van der Waals surface area contributed by atoms with Crippen molar-refractivity contribution in [3.63, 3.8) is 0 Å². The summed E-state index contributed by atoms with van der Waals surface area (Å²) in [7, 11) is 0. The second-order valence-corrected chi connectivity index (χ2v) is 8.70. The Hall–Kier alpha value is -3.24. The van der Waals surface area contributed by atoms with Gasteiger partial charge in [0.1, 0.15) is 17.3 Å². The maximum absolute atomic E-state index is 13.2. The smallest absolute Gasteiger partial charge is 0.355 e. The molecule has 1 amide bonds. The van der Waals surface area contributed by atoms with Gasteiger partial charge >= 0.3 is 6.18 Å². The maximum Gasteiger partial charge on any atom is 0.416 e. The van der Waals surface area contributed by atoms with Gasteiger partial charge in [-0.05, 0) is 51.3 Å². The van der Waals surface area contributed by atoms with Crippen LogP contribution in [0.3, 0.4) is 0 Å². The molecule has 1 aromatic carbocycles. The van der Waals surface area contributed by atoms with E-state index in [1.54, 1.807) is 13.8 Å². The summed E-state index contributed by atoms with van der Waals surface area (Å²) >= 11 is 0. The number of halogens is 3. The van der Waals surface area contributed by atoms with E-state index >= 15 is 0 Å². The lowest BCUT2D eigenvalue weighted by Gasteiger charge is -2.23. The van der Waals surface area contributed by atoms with E-state index in [-0.39, 0.29) is 40.9 Å². The third-order valence-electron chi connectivity index (χ3n) is 5.96. The standard InChI is InChI=1S/C22H25F3N6O2/c1-12(2)31-18-9-15(22(23,24)25)4-5-16(18)21(33)17(29-31)10-20(32)26-11-14-6-7-30-13(3)27-28-19(30)8-14/h4-5,9,12,14H,6-8,10-11H2,1-3H3,(H,26,32). The van der Waals surface area contributed by atoms with E-state index in [0.717, 1.165) is 42.8 Å². The average molecular weight is 462 g/mol. The minimum Gasteiger partial charge on any atom is -0.355 e. The lowest BCUT2D eigenvalue weighted by atomic mass is 9.97. The number of amides is 1. The van der Waals surface area contributed by atoms with Crippen LogP contribution >= 0.6 is 0 Å². The number of aromatic nitrogens is 5. The highest BCUT2D eigenvalue weighted by Crippen LogP contribution is 2.31. The summed E-state index contributed by atoms with van der Waals surface area (Å²) < 4.78 is 42.9. The van der Waals surface area contributed by atoms with Crippen LogP contribution in [-0.2, 0) is 30.4 Å². The van der Waals surface area contributed by atoms with Crippen LogP contribution in [0.4, 0.5) is 13.2 Å². The molecule has 0 aliphatic carbocycles. The summed E-state index contributed by atoms with van der Waals surface area (Å²) in [6, 6.07) is 2.66. The number of fused-ring (bicyclic) bond motifs is 2. The van der Waals surface area contributed by atoms with Crippen LogP contribution in [0.5, 0.6) is 0 Å². The topological polar surface area (TPSA) is 94.7 Å². The lowest BCUT2D eigenvalue weighted by molar-refractivity contribution is -0.137. The lowest BCUT2D eigenvalue weighted by Crippen LogP contribution is -2.35. The molecule has 11 heteroatoms. The molecule has 0 spiro atoms. The van der Waals surface area contributed by atoms with Gasteiger partial charge in [-0.2, -0.15) is 18.3 Å². The van der Waals surface area contributed by atoms with Crippen molar-refractivity contribution in [3.05, 3.63) is 51.3 Å². The van der Waals surface area contributed by atoms with Crippen LogP contribution in [-0.4, -0.2) is 37.0 Å². The number of hydrogen-bond donors (Lipinski definition) is 1. The number of nitrogens with one attached hydrogen (secondary N) is 1. The second kappa shape index (κ2) is 8.60. The molecular weight excluding hydrogens is 437 g/mol. The number of rotatable bonds is 5. The fraction of sp³-hybridized carbons (Fsp3) is 0.500. The molecule has 0 saturated heterocycles. The van der Waals surface area contributed by atoms with Gasteiger partial charge in [-0.25, -0.2) is 0 Å². The predicted octanol–water partition coefficient (Wildman–Crippen LogP) is 2.82. The first-order valence-electron chi connectivity index (χ1n) is 10.8. The summed E-state index contributed by atoms with van der Waals surface area (Å²) in [6.07, 6.45) is -3.20. The SMILES string of the molecule is Cc1nnc2n1CCC(CNC(=O)Cc1nn(C(C)C)c3cc(C(F)(F)F)ccc3c1=O)C2. The molecule has 1 N–H and O–H groups in total. The molecule has 3 heterocycles. The molecular formula is C22H25F3N6O2. The van der Waals surface area contributed by atoms with Crippen molar-refractivity contribution in [1.29, 1.82) is 0 Å². The molecule has 1 unspecified atom stereocenters. The van der Waals surface area contributed by atoms with Crippen LogP contribution in [0, 0.1) is 12.8 Å². The van der Waals surface area contributed by atoms with Gasteiger partial charge in [0.2, 0.25) is 11.3 Å². The Morgan fingerprint density at radius 2 is 2.03 bits per heavy atom. The summed E-state index contributed by atoms with van der Waals surface area (Å²) in [5.74, 6) is 1.62. The van der Waals surface area contributed by atoms with Gasteiger partial charge in [0.15, 0.2) is 0 Å². The van der Waals surface area contributed by atoms with Crippen LogP contribution in [0.25, 0.3) is 10.9 Å². The highest BCUT2D eigenvalue weighted by Gasteiger charge is 2.31. The Labute approximate surface area is 187 Å². The van der Waals surface area contributed by atoms with E-state index in [1.807, 2.05) is 6.92 Å². The molecule has 2 aromatic heterocycles. The Morgan fingerprint density at radius 3 is 2.73 bits per heavy atom. The summed E-state index contributed by atoms with van der Waals surface area (Å²) in [4.78, 5) is 25.5. The van der Waals surface area contributed by atoms with Gasteiger partial charge < -0.3 is 9.88 Å². The molecule has 33 heavy (non-hydrogen) atoms. The molecule has 4 rings (SSSR count). The molecule has 176 valence electrons. The zero-order valence-electron chi connectivity index (χ0n) is 18.6. The minimum atomic E-state index is -4.53. The minimum absolute atomic E-state index is 0.00692. The van der Waals surface area contributed by atoms with Crippen LogP contribution in [0.2, 0.25) is 0 Å². The summed E-state index contributed by atoms with van der Waals surface area (Å²) in [6.45, 7) is 6.64. The maximum atomic E-state index is 13.2. The molecule has 0 fully saturated rings. The molecule has 1 atom stereocenters. The van der Waals surface area contributed by atoms with E-state index in [1.165, 1.54) is 4.68 Å². The van der Waals surface area contributed by atoms with Gasteiger partial charge in [0.25, 0.3) is 0 Å². The zero-order chi connectivity index (χ0) is 23.9. The monoisotopic (exact) mass is 462 g/mol. The quantitative estimate of drug-likeness (QED) is 0.629. The van der Waals surface area contributed by atoms with Gasteiger partial charge in [0.05, 0.1) is 17.5 Å². The first-order chi connectivity index (χ1) is 15.5. The van der Waals surface area contributed by atoms with E-state index in [4.69, 9.17) is 0 Å². The van der Waals surface area contributed by atoms with Gasteiger partial charge in [-0.3, -0.25) is 14.3 Å². The highest BCUT2D eigenvalue weighted by atomic mass is 19.4. The highest BCUT2D eigenvalue weighted by molar-refractivity contribution is 5.82. The largest absolute Gasteiger partial charge is 0.416 e. The van der Waals surface area contributed by atoms with Crippen molar-refractivity contribution in [2.45, 2.75) is 58.8 Å². The summed E-state index contributed by atoms with van der Waals surface area (Å²) in [5, 5.41) is 15.5. The first kappa shape index (κ1) is 22.9. The fourth-order valence-corrected chi connectivity index (χ4v) is 4.17. The molecule has 0 radical (unpaired) electrons. The van der Waals surface area contributed by atoms with E-state index < -0.39 is 17.2 Å². The molecule has 0 saturated carbocycles. The molecule has 8 nitrogen and oxygen atoms in total. The van der Waals surface area contributed by atoms with Gasteiger partial charge in [-0.1, -0.05) is 0 Å². The Balaban J connectivity index is 1.51. The predicted molar refractivity (Wildman–Crippen MR) is 115 cm³/mol. The normalized spacial score (nSPS) is 16.3. The van der Waals surface area contributed by atoms with Crippen molar-refractivity contribution in [2.75, 3.05) is 6.54 Å². The van der Waals surface area contributed by atoms with Crippen molar-refractivity contribution in [2.24, 2.45) is 5.92 Å². The average Bonchev–Trinajstić information content (AvgIpc) is 3.13. The summed E-state index contributed by atoms with van der Waals surface area (Å²) in [5.41, 5.74) is -1.29. The molecule has 3 aromatic rings. The molecule has 1 aliphatic heterocycles. The fourth-order valence-electron chi connectivity index (χ4n) is 4.17. The number of hydrogen-bond acceptors (Lipinski definition) is 5. The van der Waals surface area contributed by atoms with Crippen molar-refractivity contribution in [3.8, 4) is 0 Å². The van der Waals surface area contributed by atoms with E-state index in [0.29, 0.717) is 13.0 Å². The van der Waals surface area contributed by atoms with E-state index in [2.05, 4.69) is 25.2 Å². The van der Waals surface area contributed by atoms with Crippen molar-refractivity contribution >= 4 is 16.8 Å². The van der Waals surface area contributed by atoms with Crippen molar-refractivity contribution in [1.82, 2.24) is 29.9 Å². The van der Waals surface area contributed by atoms with Crippen LogP contribution in [0.1, 0.15) is 49.2 Å². The Morgan fingerprint density at radius 1 is 1.27 bits per heavy atom. The van der Waals surface area contributed by atoms with Crippen molar-refractivity contribution < 1.29 is 18.0 Å². The van der Waals surface area contributed by atoms with E-state index in [9.17, 15) is 22.8 Å². The number of nitrogens with zero attached hydrogens (tertiary/aromatic N) is 5. The molecule has 0 bridgehead atoms. The third-order valence-corrected chi connectivity index (χ3v) is 5.96. The number of benzene rings is 1. The Kier molecular flexibility index (Phi) is 5.98. The van der Waals surface area contributed by atoms with Gasteiger partial charge in [-0.15, -0.1) is 10.2 Å². The zero-order valence-corrected chi connectivity index (χ0v) is 18.6. The number of carbonyl (C=O) groups is 1. The van der Waals surface area contributed by atoms with Crippen LogP contribution in [0.15, 0.2) is 23.0 Å². The third kappa shape index (κ3) is 4.62. The second-order valence-electron chi connectivity index (χ2n) is 8.70. The van der Waals surface area contributed by atoms with Gasteiger partial charge in [0, 0.05) is 30.9 Å². The van der Waals surface area contributed by atoms with Crippen LogP contribution < -0.4 is 10.7 Å². The Bertz CT molecular complexity index is 1260. The number of aryl methyl sites for hydroxylation is 1.